The van der Waals surface area contributed by atoms with E-state index >= 15 is 0 Å². The molecule has 2 heterocycles. The molecule has 0 bridgehead atoms. The Kier molecular flexibility index (Phi) is 6.09. The molecule has 0 aliphatic carbocycles. The summed E-state index contributed by atoms with van der Waals surface area (Å²) in [6.07, 6.45) is -0.680. The van der Waals surface area contributed by atoms with E-state index < -0.39 is 145 Å². The molecule has 0 aliphatic heterocycles. The molecule has 0 amide bonds. The molecule has 8 rings (SSSR count). The standard InChI is InChI=1S/C64H73N3O/c1-40-31-41(39-60(2,3)4)25-27-49(40)43-29-30-65-54(35-43)45-32-44(33-47(34-45)62(8,9)10)50-23-20-24-56-57(50)66-59(52-37-48(63(11,12)13)38-53(58(52)68)64(14,15)16)67(56)55-28-26-46(61(5,6)7)36-51(55)42-21-18-17-19-22-42/h17-38,68H,39H2,1-16H3/i1D3,11D3,12D3,13D3,14D3,15D3,16D3,17D,18D,19D,21D,22D,27D,39D2. The van der Waals surface area contributed by atoms with Gasteiger partial charge in [-0.2, -0.15) is 0 Å². The largest absolute Gasteiger partial charge is 0.507 e. The van der Waals surface area contributed by atoms with Crippen LogP contribution in [-0.2, 0) is 28.0 Å². The lowest BCUT2D eigenvalue weighted by molar-refractivity contribution is 0.411. The minimum Gasteiger partial charge on any atom is -0.507 e. The fourth-order valence-corrected chi connectivity index (χ4v) is 8.20. The summed E-state index contributed by atoms with van der Waals surface area (Å²) in [6.45, 7) is -12.3. The van der Waals surface area contributed by atoms with Crippen molar-refractivity contribution in [2.45, 2.75) is 138 Å². The van der Waals surface area contributed by atoms with Crippen molar-refractivity contribution in [3.8, 4) is 67.5 Å². The third-order valence-corrected chi connectivity index (χ3v) is 11.7. The number of aryl methyl sites for hydroxylation is 1. The van der Waals surface area contributed by atoms with Crippen molar-refractivity contribution in [2.75, 3.05) is 0 Å². The Balaban J connectivity index is 1.63. The molecule has 6 aromatic carbocycles. The number of aromatic nitrogens is 3. The van der Waals surface area contributed by atoms with E-state index in [1.807, 2.05) is 41.5 Å². The molecule has 0 radical (unpaired) electrons. The minimum atomic E-state index is -4.32. The summed E-state index contributed by atoms with van der Waals surface area (Å²) < 4.78 is 258. The number of phenolic OH excluding ortho intramolecular Hbond substituents is 1. The van der Waals surface area contributed by atoms with Crippen LogP contribution in [0.4, 0.5) is 0 Å². The molecule has 2 aromatic heterocycles. The topological polar surface area (TPSA) is 50.9 Å². The number of fused-ring (bicyclic) bond motifs is 1. The van der Waals surface area contributed by atoms with Crippen LogP contribution in [0.25, 0.3) is 72.7 Å². The van der Waals surface area contributed by atoms with Crippen molar-refractivity contribution in [2.24, 2.45) is 5.41 Å². The Labute approximate surface area is 448 Å². The number of rotatable bonds is 7. The number of hydrogen-bond donors (Lipinski definition) is 1. The third kappa shape index (κ3) is 9.84. The second kappa shape index (κ2) is 17.4. The van der Waals surface area contributed by atoms with Gasteiger partial charge in [-0.25, -0.2) is 4.98 Å². The Bertz CT molecular complexity index is 4320. The van der Waals surface area contributed by atoms with Gasteiger partial charge in [0.15, 0.2) is 0 Å². The van der Waals surface area contributed by atoms with Gasteiger partial charge < -0.3 is 5.11 Å². The van der Waals surface area contributed by atoms with Crippen molar-refractivity contribution in [3.63, 3.8) is 0 Å². The highest BCUT2D eigenvalue weighted by atomic mass is 16.3. The predicted octanol–water partition coefficient (Wildman–Crippen LogP) is 17.5. The van der Waals surface area contributed by atoms with Gasteiger partial charge in [0, 0.05) is 60.0 Å². The van der Waals surface area contributed by atoms with Crippen LogP contribution < -0.4 is 0 Å². The van der Waals surface area contributed by atoms with E-state index in [2.05, 4.69) is 0 Å². The summed E-state index contributed by atoms with van der Waals surface area (Å²) in [4.78, 5) is 9.80. The number of pyridine rings is 1. The van der Waals surface area contributed by atoms with Crippen LogP contribution in [0.3, 0.4) is 0 Å². The molecule has 68 heavy (non-hydrogen) atoms. The first kappa shape index (κ1) is 23.8. The second-order valence-corrected chi connectivity index (χ2v) is 20.4. The molecule has 0 aliphatic rings. The van der Waals surface area contributed by atoms with Crippen LogP contribution in [0.1, 0.15) is 177 Å². The van der Waals surface area contributed by atoms with E-state index in [1.165, 1.54) is 53.2 Å². The summed E-state index contributed by atoms with van der Waals surface area (Å²) in [5, 5.41) is 13.2. The van der Waals surface area contributed by atoms with Gasteiger partial charge in [0.1, 0.15) is 11.6 Å². The van der Waals surface area contributed by atoms with Crippen LogP contribution in [0.2, 0.25) is 0 Å². The number of imidazole rings is 1. The minimum absolute atomic E-state index is 0.0168. The summed E-state index contributed by atoms with van der Waals surface area (Å²) >= 11 is 0. The van der Waals surface area contributed by atoms with Gasteiger partial charge in [-0.3, -0.25) is 9.55 Å². The number of para-hydroxylation sites is 1. The normalized spacial score (nSPS) is 20.6. The van der Waals surface area contributed by atoms with E-state index in [4.69, 9.17) is 45.6 Å². The summed E-state index contributed by atoms with van der Waals surface area (Å²) in [6, 6.07) is 16.6. The molecule has 0 spiro atoms. The van der Waals surface area contributed by atoms with Crippen LogP contribution in [0, 0.1) is 12.3 Å². The molecular formula is C64H73N3O. The van der Waals surface area contributed by atoms with E-state index in [-0.39, 0.29) is 67.9 Å². The number of benzene rings is 6. The van der Waals surface area contributed by atoms with E-state index in [1.54, 1.807) is 57.2 Å². The number of phenols is 1. The van der Waals surface area contributed by atoms with Crippen molar-refractivity contribution in [3.05, 3.63) is 167 Å². The lowest BCUT2D eigenvalue weighted by Crippen LogP contribution is -2.17. The van der Waals surface area contributed by atoms with Gasteiger partial charge in [0.2, 0.25) is 0 Å². The average molecular weight is 929 g/mol. The molecule has 0 saturated carbocycles. The molecule has 0 atom stereocenters. The van der Waals surface area contributed by atoms with Gasteiger partial charge in [0.25, 0.3) is 0 Å². The van der Waals surface area contributed by atoms with Crippen LogP contribution >= 0.6 is 0 Å². The average Bonchev–Trinajstić information content (AvgIpc) is 1.58. The third-order valence-electron chi connectivity index (χ3n) is 11.7. The maximum absolute atomic E-state index is 13.2. The second-order valence-electron chi connectivity index (χ2n) is 20.4. The molecule has 8 aromatic rings. The zero-order valence-corrected chi connectivity index (χ0v) is 39.5. The lowest BCUT2D eigenvalue weighted by Gasteiger charge is -2.28. The summed E-state index contributed by atoms with van der Waals surface area (Å²) in [5.74, 6) is -2.30. The number of hydrogen-bond acceptors (Lipinski definition) is 3. The summed E-state index contributed by atoms with van der Waals surface area (Å²) in [7, 11) is 0. The molecule has 1 N–H and O–H groups in total. The first-order valence-electron chi connectivity index (χ1n) is 36.5. The van der Waals surface area contributed by atoms with E-state index in [9.17, 15) is 9.22 Å². The molecular weight excluding hydrogens is 827 g/mol. The van der Waals surface area contributed by atoms with Crippen LogP contribution in [0.15, 0.2) is 133 Å². The SMILES string of the molecule is [2H]c1cc(C([2H])([2H])C(C)(C)C)cc(C([2H])([2H])[2H])c1-c1ccnc(-c2cc(-c3cccc4c3nc(-c3cc(C(C([2H])([2H])[2H])(C([2H])([2H])[2H])C([2H])([2H])[2H])cc(C(C([2H])([2H])[2H])(C([2H])([2H])[2H])C([2H])([2H])[2H])c3O)n4-c3ccc(C(C)(C)C)cc3-c3c([2H])c([2H])c([2H])c([2H])c3[2H])cc(C(C)(C)C)c2)c1. The Morgan fingerprint density at radius 3 is 1.96 bits per heavy atom. The molecule has 0 saturated heterocycles. The first-order valence-corrected chi connectivity index (χ1v) is 22.0. The lowest BCUT2D eigenvalue weighted by atomic mass is 9.79. The van der Waals surface area contributed by atoms with Crippen molar-refractivity contribution < 1.29 is 44.9 Å². The highest BCUT2D eigenvalue weighted by molar-refractivity contribution is 5.98. The van der Waals surface area contributed by atoms with Crippen LogP contribution in [0.5, 0.6) is 5.75 Å². The van der Waals surface area contributed by atoms with Gasteiger partial charge in [-0.1, -0.05) is 182 Å². The zero-order chi connectivity index (χ0) is 73.8. The molecule has 4 heteroatoms. The number of nitrogens with zero attached hydrogens (tertiary/aromatic N) is 3. The first-order chi connectivity index (χ1) is 43.6. The zero-order valence-electron chi connectivity index (χ0n) is 68.5. The monoisotopic (exact) mass is 929 g/mol. The summed E-state index contributed by atoms with van der Waals surface area (Å²) in [5.41, 5.74) is -13.9. The van der Waals surface area contributed by atoms with Gasteiger partial charge in [-0.15, -0.1) is 0 Å². The van der Waals surface area contributed by atoms with Crippen molar-refractivity contribution in [1.82, 2.24) is 14.5 Å². The molecule has 0 unspecified atom stereocenters. The highest BCUT2D eigenvalue weighted by Crippen LogP contribution is 2.46. The van der Waals surface area contributed by atoms with Crippen molar-refractivity contribution in [1.29, 1.82) is 0 Å². The van der Waals surface area contributed by atoms with Crippen LogP contribution in [-0.4, -0.2) is 19.6 Å². The molecule has 4 nitrogen and oxygen atoms in total. The molecule has 350 valence electrons. The fraction of sp³-hybridized carbons (Fsp3) is 0.344. The van der Waals surface area contributed by atoms with E-state index in [0.717, 1.165) is 0 Å². The number of aromatic hydroxyl groups is 1. The maximum Gasteiger partial charge on any atom is 0.149 e. The Morgan fingerprint density at radius 1 is 0.588 bits per heavy atom. The van der Waals surface area contributed by atoms with E-state index in [0.29, 0.717) is 28.3 Å². The maximum atomic E-state index is 13.2. The Hall–Kier alpha value is -6.26. The quantitative estimate of drug-likeness (QED) is 0.173. The smallest absolute Gasteiger partial charge is 0.149 e. The van der Waals surface area contributed by atoms with Gasteiger partial charge >= 0.3 is 0 Å². The Morgan fingerprint density at radius 2 is 1.28 bits per heavy atom. The van der Waals surface area contributed by atoms with Crippen molar-refractivity contribution >= 4 is 11.0 Å². The van der Waals surface area contributed by atoms with Gasteiger partial charge in [0.05, 0.1) is 36.2 Å². The highest BCUT2D eigenvalue weighted by Gasteiger charge is 2.30. The fourth-order valence-electron chi connectivity index (χ4n) is 8.20. The predicted molar refractivity (Wildman–Crippen MR) is 290 cm³/mol. The molecule has 0 fully saturated rings. The van der Waals surface area contributed by atoms with Gasteiger partial charge in [-0.05, 0) is 139 Å².